The Bertz CT molecular complexity index is 125. The van der Waals surface area contributed by atoms with Gasteiger partial charge in [0.15, 0.2) is 0 Å². The van der Waals surface area contributed by atoms with E-state index in [-0.39, 0.29) is 5.97 Å². The first-order valence-electron chi connectivity index (χ1n) is 3.20. The molecule has 0 N–H and O–H groups in total. The molecule has 4 heteroatoms. The zero-order valence-corrected chi connectivity index (χ0v) is 13.6. The number of rotatable bonds is 4. The molecule has 0 spiro atoms. The Morgan fingerprint density at radius 1 is 1.80 bits per heavy atom. The fourth-order valence-corrected chi connectivity index (χ4v) is 4.73. The van der Waals surface area contributed by atoms with Crippen molar-refractivity contribution in [2.45, 2.75) is 10.9 Å². The molecule has 0 radical (unpaired) electrons. The van der Waals surface area contributed by atoms with Crippen LogP contribution in [0.5, 0.6) is 0 Å². The van der Waals surface area contributed by atoms with Crippen LogP contribution < -0.4 is 0 Å². The second-order valence-electron chi connectivity index (χ2n) is 1.63. The number of carbonyl (C=O) groups excluding carboxylic acids is 1. The van der Waals surface area contributed by atoms with Crippen molar-refractivity contribution in [3.63, 3.8) is 0 Å². The fraction of sp³-hybridized carbons (Fsp3) is 0.500. The Labute approximate surface area is 82.2 Å². The molecule has 0 saturated carbocycles. The van der Waals surface area contributed by atoms with Gasteiger partial charge in [-0.3, -0.25) is 0 Å². The third-order valence-electron chi connectivity index (χ3n) is 0.816. The van der Waals surface area contributed by atoms with Crippen LogP contribution in [0, 0.1) is 0 Å². The van der Waals surface area contributed by atoms with Gasteiger partial charge in [-0.1, -0.05) is 0 Å². The van der Waals surface area contributed by atoms with Gasteiger partial charge in [-0.15, -0.1) is 0 Å². The molecule has 10 heavy (non-hydrogen) atoms. The molecule has 0 unspecified atom stereocenters. The van der Waals surface area contributed by atoms with Crippen molar-refractivity contribution in [2.75, 3.05) is 6.61 Å². The van der Waals surface area contributed by atoms with E-state index in [1.54, 1.807) is 0 Å². The molecule has 0 aliphatic carbocycles. The van der Waals surface area contributed by atoms with Gasteiger partial charge in [-0.05, 0) is 0 Å². The number of hydrogen-bond acceptors (Lipinski definition) is 2. The van der Waals surface area contributed by atoms with Crippen molar-refractivity contribution in [3.8, 4) is 0 Å². The zero-order chi connectivity index (χ0) is 7.82. The molecule has 0 heterocycles. The van der Waals surface area contributed by atoms with Crippen LogP contribution in [0.4, 0.5) is 0 Å². The summed E-state index contributed by atoms with van der Waals surface area (Å²) in [5, 5.41) is 0. The Kier molecular flexibility index (Phi) is 8.67. The molecular weight excluding hydrogens is 432 g/mol. The average Bonchev–Trinajstić information content (AvgIpc) is 1.89. The normalized spacial score (nSPS) is 9.40. The van der Waals surface area contributed by atoms with E-state index >= 15 is 0 Å². The molecule has 0 aromatic rings. The van der Waals surface area contributed by atoms with Gasteiger partial charge in [0.05, 0.1) is 0 Å². The molecule has 0 saturated heterocycles. The van der Waals surface area contributed by atoms with Crippen molar-refractivity contribution >= 4 is 23.6 Å². The molecule has 0 aromatic carbocycles. The van der Waals surface area contributed by atoms with E-state index < -0.39 is 20.2 Å². The van der Waals surface area contributed by atoms with E-state index in [4.69, 9.17) is 0 Å². The van der Waals surface area contributed by atoms with E-state index in [2.05, 4.69) is 22.4 Å². The van der Waals surface area contributed by atoms with Crippen molar-refractivity contribution in [1.82, 2.24) is 0 Å². The molecule has 0 aliphatic heterocycles. The summed E-state index contributed by atoms with van der Waals surface area (Å²) in [7, 11) is 0. The maximum absolute atomic E-state index is 10.6. The number of carbonyl (C=O) groups is 1. The van der Waals surface area contributed by atoms with E-state index in [0.717, 1.165) is 3.93 Å². The van der Waals surface area contributed by atoms with E-state index in [1.165, 1.54) is 6.08 Å². The molecular formula is C6H9HgIO2. The second-order valence-corrected chi connectivity index (χ2v) is 14.8. The van der Waals surface area contributed by atoms with Crippen LogP contribution in [0.15, 0.2) is 12.2 Å². The van der Waals surface area contributed by atoms with Crippen LogP contribution in [0.2, 0.25) is 3.93 Å². The summed E-state index contributed by atoms with van der Waals surface area (Å²) in [6.45, 7) is 2.28. The summed E-state index contributed by atoms with van der Waals surface area (Å²) >= 11 is 1.91. The van der Waals surface area contributed by atoms with E-state index in [1.807, 2.05) is 13.0 Å². The molecule has 0 atom stereocenters. The number of allylic oxidation sites excluding steroid dienone is 1. The number of esters is 1. The van der Waals surface area contributed by atoms with Crippen LogP contribution in [0.1, 0.15) is 6.92 Å². The Morgan fingerprint density at radius 3 is 3.00 bits per heavy atom. The first kappa shape index (κ1) is 10.9. The van der Waals surface area contributed by atoms with Gasteiger partial charge in [0.25, 0.3) is 0 Å². The Morgan fingerprint density at radius 2 is 2.50 bits per heavy atom. The number of ether oxygens (including phenoxy) is 1. The molecule has 0 rings (SSSR count). The van der Waals surface area contributed by atoms with Gasteiger partial charge < -0.3 is 0 Å². The summed E-state index contributed by atoms with van der Waals surface area (Å²) in [4.78, 5) is 10.6. The van der Waals surface area contributed by atoms with Gasteiger partial charge in [0.1, 0.15) is 0 Å². The third-order valence-corrected chi connectivity index (χ3v) is 8.43. The van der Waals surface area contributed by atoms with Crippen molar-refractivity contribution in [3.05, 3.63) is 12.2 Å². The SMILES string of the molecule is CCOC(=O)/C=C/[CH2][Hg][I]. The van der Waals surface area contributed by atoms with Crippen LogP contribution in [0.3, 0.4) is 0 Å². The number of hydrogen-bond donors (Lipinski definition) is 0. The Hall–Kier alpha value is 0.875. The fourth-order valence-electron chi connectivity index (χ4n) is 0.433. The molecule has 0 bridgehead atoms. The van der Waals surface area contributed by atoms with Gasteiger partial charge in [0, 0.05) is 0 Å². The van der Waals surface area contributed by atoms with Crippen LogP contribution >= 0.6 is 17.7 Å². The summed E-state index contributed by atoms with van der Waals surface area (Å²) in [6, 6.07) is 0. The average molecular weight is 441 g/mol. The molecule has 2 nitrogen and oxygen atoms in total. The van der Waals surface area contributed by atoms with Crippen molar-refractivity contribution in [2.24, 2.45) is 0 Å². The summed E-state index contributed by atoms with van der Waals surface area (Å²) in [6.07, 6.45) is 3.45. The zero-order valence-electron chi connectivity index (χ0n) is 5.97. The molecule has 0 aromatic heterocycles. The maximum atomic E-state index is 10.6. The van der Waals surface area contributed by atoms with Crippen LogP contribution in [0.25, 0.3) is 0 Å². The van der Waals surface area contributed by atoms with Crippen molar-refractivity contribution < 1.29 is 29.8 Å². The molecule has 54 valence electrons. The predicted octanol–water partition coefficient (Wildman–Crippen LogP) is 1.96. The summed E-state index contributed by atoms with van der Waals surface area (Å²) in [5.74, 6) is -0.208. The molecule has 0 aliphatic rings. The van der Waals surface area contributed by atoms with Crippen LogP contribution in [-0.2, 0) is 29.8 Å². The van der Waals surface area contributed by atoms with Gasteiger partial charge in [-0.25, -0.2) is 0 Å². The topological polar surface area (TPSA) is 26.3 Å². The second kappa shape index (κ2) is 7.98. The minimum absolute atomic E-state index is 0.208. The quantitative estimate of drug-likeness (QED) is 0.289. The number of halogens is 1. The van der Waals surface area contributed by atoms with E-state index in [0.29, 0.717) is 6.61 Å². The molecule has 0 fully saturated rings. The van der Waals surface area contributed by atoms with Gasteiger partial charge >= 0.3 is 83.0 Å². The monoisotopic (exact) mass is 442 g/mol. The van der Waals surface area contributed by atoms with E-state index in [9.17, 15) is 4.79 Å². The molecule has 0 amide bonds. The Balaban J connectivity index is 3.36. The summed E-state index contributed by atoms with van der Waals surface area (Å²) < 4.78 is 5.84. The first-order chi connectivity index (χ1) is 4.81. The standard InChI is InChI=1S/C6H9O2.Hg.HI/c1-3-5-6(7)8-4-2;;/h3,5H,1,4H2,2H3;;1H/q;+1;/p-1/b5-3+;;. The first-order valence-corrected chi connectivity index (χ1v) is 22.6. The van der Waals surface area contributed by atoms with Crippen molar-refractivity contribution in [1.29, 1.82) is 0 Å². The predicted molar refractivity (Wildman–Crippen MR) is 44.6 cm³/mol. The van der Waals surface area contributed by atoms with Gasteiger partial charge in [-0.2, -0.15) is 0 Å². The summed E-state index contributed by atoms with van der Waals surface area (Å²) in [5.41, 5.74) is 0. The minimum atomic E-state index is -0.569. The van der Waals surface area contributed by atoms with Gasteiger partial charge in [0.2, 0.25) is 0 Å². The third kappa shape index (κ3) is 6.99. The van der Waals surface area contributed by atoms with Crippen LogP contribution in [-0.4, -0.2) is 12.6 Å².